The van der Waals surface area contributed by atoms with Crippen LogP contribution in [0.15, 0.2) is 36.5 Å². The number of thioether (sulfide) groups is 1. The summed E-state index contributed by atoms with van der Waals surface area (Å²) in [7, 11) is 0. The second-order valence-corrected chi connectivity index (χ2v) is 5.94. The lowest BCUT2D eigenvalue weighted by Gasteiger charge is -2.12. The van der Waals surface area contributed by atoms with Crippen molar-refractivity contribution in [2.24, 2.45) is 0 Å². The molecule has 0 aliphatic rings. The minimum absolute atomic E-state index is 0.112. The predicted octanol–water partition coefficient (Wildman–Crippen LogP) is 5.11. The van der Waals surface area contributed by atoms with Gasteiger partial charge in [0.1, 0.15) is 0 Å². The summed E-state index contributed by atoms with van der Waals surface area (Å²) >= 11 is 1.17. The summed E-state index contributed by atoms with van der Waals surface area (Å²) in [5, 5.41) is 6.34. The molecule has 0 saturated carbocycles. The first-order valence-corrected chi connectivity index (χ1v) is 8.51. The highest BCUT2D eigenvalue weighted by atomic mass is 32.2. The second kappa shape index (κ2) is 6.81. The maximum Gasteiger partial charge on any atom is 0.433 e. The molecule has 0 unspecified atom stereocenters. The molecule has 0 fully saturated rings. The lowest BCUT2D eigenvalue weighted by molar-refractivity contribution is -0.142. The number of benzene rings is 1. The molecule has 0 N–H and O–H groups in total. The number of rotatable bonds is 1. The molecule has 0 atom stereocenters. The van der Waals surface area contributed by atoms with Crippen LogP contribution in [0.1, 0.15) is 16.8 Å². The Morgan fingerprint density at radius 3 is 2.22 bits per heavy atom. The SMILES string of the molecule is CSC#Cc1cnn2c(C(F)(F)F)cc(-c3ccc(C(F)(F)F)cc3)nc12. The Bertz CT molecular complexity index is 1040. The minimum atomic E-state index is -4.74. The first kappa shape index (κ1) is 19.1. The molecule has 10 heteroatoms. The van der Waals surface area contributed by atoms with E-state index in [2.05, 4.69) is 21.3 Å². The van der Waals surface area contributed by atoms with Crippen LogP contribution in [0.3, 0.4) is 0 Å². The van der Waals surface area contributed by atoms with Crippen LogP contribution < -0.4 is 0 Å². The topological polar surface area (TPSA) is 30.2 Å². The van der Waals surface area contributed by atoms with Gasteiger partial charge in [-0.25, -0.2) is 9.50 Å². The van der Waals surface area contributed by atoms with Crippen LogP contribution in [0.2, 0.25) is 0 Å². The van der Waals surface area contributed by atoms with Crippen LogP contribution >= 0.6 is 11.8 Å². The molecule has 0 spiro atoms. The normalized spacial score (nSPS) is 12.1. The van der Waals surface area contributed by atoms with Crippen molar-refractivity contribution in [1.82, 2.24) is 14.6 Å². The number of halogens is 6. The van der Waals surface area contributed by atoms with Crippen LogP contribution in [0, 0.1) is 11.2 Å². The molecule has 3 rings (SSSR count). The van der Waals surface area contributed by atoms with Gasteiger partial charge >= 0.3 is 12.4 Å². The molecular formula is C17H9F6N3S. The third-order valence-electron chi connectivity index (χ3n) is 3.56. The van der Waals surface area contributed by atoms with Crippen LogP contribution in [-0.2, 0) is 12.4 Å². The van der Waals surface area contributed by atoms with Gasteiger partial charge in [-0.15, -0.1) is 0 Å². The van der Waals surface area contributed by atoms with Gasteiger partial charge < -0.3 is 0 Å². The highest BCUT2D eigenvalue weighted by Gasteiger charge is 2.36. The molecule has 3 aromatic rings. The largest absolute Gasteiger partial charge is 0.433 e. The fourth-order valence-electron chi connectivity index (χ4n) is 2.34. The van der Waals surface area contributed by atoms with E-state index in [4.69, 9.17) is 0 Å². The number of nitrogens with zero attached hydrogens (tertiary/aromatic N) is 3. The fraction of sp³-hybridized carbons (Fsp3) is 0.176. The lowest BCUT2D eigenvalue weighted by Crippen LogP contribution is -2.13. The Labute approximate surface area is 153 Å². The first-order chi connectivity index (χ1) is 12.6. The summed E-state index contributed by atoms with van der Waals surface area (Å²) in [4.78, 5) is 4.13. The monoisotopic (exact) mass is 401 g/mol. The van der Waals surface area contributed by atoms with Gasteiger partial charge in [-0.1, -0.05) is 23.9 Å². The molecule has 0 aliphatic carbocycles. The van der Waals surface area contributed by atoms with E-state index in [0.29, 0.717) is 4.52 Å². The molecular weight excluding hydrogens is 392 g/mol. The highest BCUT2D eigenvalue weighted by molar-refractivity contribution is 8.03. The molecule has 2 aromatic heterocycles. The Hall–Kier alpha value is -2.67. The van der Waals surface area contributed by atoms with Crippen molar-refractivity contribution in [2.45, 2.75) is 12.4 Å². The zero-order valence-corrected chi connectivity index (χ0v) is 14.3. The molecule has 27 heavy (non-hydrogen) atoms. The van der Waals surface area contributed by atoms with Gasteiger partial charge in [0.2, 0.25) is 0 Å². The quantitative estimate of drug-likeness (QED) is 0.420. The van der Waals surface area contributed by atoms with Crippen molar-refractivity contribution < 1.29 is 26.3 Å². The zero-order chi connectivity index (χ0) is 19.8. The fourth-order valence-corrected chi connectivity index (χ4v) is 2.55. The molecule has 0 saturated heterocycles. The van der Waals surface area contributed by atoms with Crippen molar-refractivity contribution in [3.8, 4) is 22.4 Å². The Morgan fingerprint density at radius 1 is 1.00 bits per heavy atom. The molecule has 140 valence electrons. The number of aromatic nitrogens is 3. The Morgan fingerprint density at radius 2 is 1.67 bits per heavy atom. The number of hydrogen-bond acceptors (Lipinski definition) is 3. The summed E-state index contributed by atoms with van der Waals surface area (Å²) in [5.74, 6) is 2.65. The molecule has 0 aliphatic heterocycles. The van der Waals surface area contributed by atoms with E-state index in [0.717, 1.165) is 36.5 Å². The molecule has 0 bridgehead atoms. The van der Waals surface area contributed by atoms with Gasteiger partial charge in [-0.3, -0.25) is 0 Å². The van der Waals surface area contributed by atoms with Crippen LogP contribution in [0.25, 0.3) is 16.9 Å². The van der Waals surface area contributed by atoms with E-state index in [-0.39, 0.29) is 22.5 Å². The first-order valence-electron chi connectivity index (χ1n) is 7.29. The van der Waals surface area contributed by atoms with Crippen LogP contribution in [0.4, 0.5) is 26.3 Å². The van der Waals surface area contributed by atoms with Gasteiger partial charge in [0.15, 0.2) is 11.3 Å². The number of fused-ring (bicyclic) bond motifs is 1. The highest BCUT2D eigenvalue weighted by Crippen LogP contribution is 2.34. The zero-order valence-electron chi connectivity index (χ0n) is 13.5. The molecule has 3 nitrogen and oxygen atoms in total. The third-order valence-corrected chi connectivity index (χ3v) is 3.86. The number of alkyl halides is 6. The summed E-state index contributed by atoms with van der Waals surface area (Å²) in [6.45, 7) is 0. The minimum Gasteiger partial charge on any atom is -0.227 e. The smallest absolute Gasteiger partial charge is 0.227 e. The van der Waals surface area contributed by atoms with Gasteiger partial charge in [-0.05, 0) is 35.6 Å². The standard InChI is InChI=1S/C17H9F6N3S/c1-27-7-6-11-9-24-26-14(17(21,22)23)8-13(25-15(11)26)10-2-4-12(5-3-10)16(18,19)20/h2-5,8-9H,1H3. The van der Waals surface area contributed by atoms with E-state index in [1.807, 2.05) is 0 Å². The van der Waals surface area contributed by atoms with E-state index in [1.54, 1.807) is 6.26 Å². The summed E-state index contributed by atoms with van der Waals surface area (Å²) in [6, 6.07) is 4.48. The van der Waals surface area contributed by atoms with Crippen molar-refractivity contribution in [2.75, 3.05) is 6.26 Å². The third kappa shape index (κ3) is 3.88. The van der Waals surface area contributed by atoms with Crippen LogP contribution in [-0.4, -0.2) is 20.9 Å². The van der Waals surface area contributed by atoms with Crippen molar-refractivity contribution in [1.29, 1.82) is 0 Å². The summed E-state index contributed by atoms with van der Waals surface area (Å²) in [6.07, 6.45) is -6.42. The lowest BCUT2D eigenvalue weighted by atomic mass is 10.1. The van der Waals surface area contributed by atoms with E-state index in [1.165, 1.54) is 11.8 Å². The molecule has 2 heterocycles. The van der Waals surface area contributed by atoms with Crippen LogP contribution in [0.5, 0.6) is 0 Å². The maximum absolute atomic E-state index is 13.4. The van der Waals surface area contributed by atoms with E-state index < -0.39 is 23.6 Å². The number of hydrogen-bond donors (Lipinski definition) is 0. The average Bonchev–Trinajstić information content (AvgIpc) is 3.00. The molecule has 0 amide bonds. The Kier molecular flexibility index (Phi) is 4.82. The van der Waals surface area contributed by atoms with Gasteiger partial charge in [0.05, 0.1) is 23.0 Å². The average molecular weight is 401 g/mol. The summed E-state index contributed by atoms with van der Waals surface area (Å²) < 4.78 is 78.9. The van der Waals surface area contributed by atoms with E-state index >= 15 is 0 Å². The van der Waals surface area contributed by atoms with Crippen molar-refractivity contribution >= 4 is 17.4 Å². The molecule has 0 radical (unpaired) electrons. The van der Waals surface area contributed by atoms with Crippen molar-refractivity contribution in [3.05, 3.63) is 53.3 Å². The van der Waals surface area contributed by atoms with Crippen molar-refractivity contribution in [3.63, 3.8) is 0 Å². The Balaban J connectivity index is 2.21. The predicted molar refractivity (Wildman–Crippen MR) is 88.8 cm³/mol. The van der Waals surface area contributed by atoms with Gasteiger partial charge in [0, 0.05) is 5.56 Å². The summed E-state index contributed by atoms with van der Waals surface area (Å²) in [5.41, 5.74) is -1.96. The van der Waals surface area contributed by atoms with E-state index in [9.17, 15) is 26.3 Å². The van der Waals surface area contributed by atoms with Gasteiger partial charge in [-0.2, -0.15) is 31.4 Å². The maximum atomic E-state index is 13.4. The molecule has 1 aromatic carbocycles. The second-order valence-electron chi connectivity index (χ2n) is 5.32. The van der Waals surface area contributed by atoms with Gasteiger partial charge in [0.25, 0.3) is 0 Å².